The minimum Gasteiger partial charge on any atom is -0.462 e. The van der Waals surface area contributed by atoms with Crippen LogP contribution in [0.25, 0.3) is 0 Å². The van der Waals surface area contributed by atoms with Crippen LogP contribution in [0.1, 0.15) is 16.2 Å². The van der Waals surface area contributed by atoms with Crippen molar-refractivity contribution in [3.8, 4) is 0 Å². The Morgan fingerprint density at radius 3 is 2.82 bits per heavy atom. The van der Waals surface area contributed by atoms with Crippen LogP contribution in [0.2, 0.25) is 0 Å². The van der Waals surface area contributed by atoms with Gasteiger partial charge >= 0.3 is 11.7 Å². The largest absolute Gasteiger partial charge is 0.462 e. The highest BCUT2D eigenvalue weighted by atomic mass is 16.8. The monoisotopic (exact) mass is 158 g/mol. The quantitative estimate of drug-likeness (QED) is 0.403. The molecule has 0 bridgehead atoms. The molecule has 0 fully saturated rings. The lowest BCUT2D eigenvalue weighted by Gasteiger charge is -1.88. The number of carbonyl (C=O) groups excluding carboxylic acids is 1. The summed E-state index contributed by atoms with van der Waals surface area (Å²) in [5, 5.41) is 13.7. The van der Waals surface area contributed by atoms with Gasteiger partial charge in [0, 0.05) is 6.92 Å². The lowest BCUT2D eigenvalue weighted by molar-refractivity contribution is -0.806. The van der Waals surface area contributed by atoms with E-state index in [9.17, 15) is 10.0 Å². The number of nitrogens with zero attached hydrogens (tertiary/aromatic N) is 2. The van der Waals surface area contributed by atoms with Crippen molar-refractivity contribution < 1.29 is 19.1 Å². The van der Waals surface area contributed by atoms with E-state index in [4.69, 9.17) is 0 Å². The first-order chi connectivity index (χ1) is 5.16. The van der Waals surface area contributed by atoms with Gasteiger partial charge in [-0.25, -0.2) is 4.79 Å². The van der Waals surface area contributed by atoms with Gasteiger partial charge in [0.25, 0.3) is 0 Å². The summed E-state index contributed by atoms with van der Waals surface area (Å²) in [6, 6.07) is 0. The molecular weight excluding hydrogens is 152 g/mol. The highest BCUT2D eigenvalue weighted by Crippen LogP contribution is 1.99. The van der Waals surface area contributed by atoms with Crippen LogP contribution in [0.15, 0.2) is 4.63 Å². The van der Waals surface area contributed by atoms with E-state index in [0.29, 0.717) is 0 Å². The van der Waals surface area contributed by atoms with Crippen molar-refractivity contribution in [1.29, 1.82) is 0 Å². The second-order valence-corrected chi connectivity index (χ2v) is 1.86. The zero-order valence-corrected chi connectivity index (χ0v) is 6.03. The van der Waals surface area contributed by atoms with Crippen LogP contribution in [-0.4, -0.2) is 18.2 Å². The van der Waals surface area contributed by atoms with Gasteiger partial charge in [-0.3, -0.25) is 4.63 Å². The molecule has 0 aliphatic heterocycles. The molecule has 0 unspecified atom stereocenters. The summed E-state index contributed by atoms with van der Waals surface area (Å²) in [6.45, 7) is 1.41. The number of esters is 1. The van der Waals surface area contributed by atoms with Crippen molar-refractivity contribution in [3.05, 3.63) is 16.6 Å². The maximum absolute atomic E-state index is 10.8. The Kier molecular flexibility index (Phi) is 1.75. The smallest absolute Gasteiger partial charge is 0.389 e. The summed E-state index contributed by atoms with van der Waals surface area (Å²) in [4.78, 5) is 10.9. The Labute approximate surface area is 61.9 Å². The molecule has 1 aromatic heterocycles. The Balaban J connectivity index is 3.04. The third kappa shape index (κ3) is 1.14. The molecule has 1 rings (SSSR count). The van der Waals surface area contributed by atoms with Crippen LogP contribution < -0.4 is 4.90 Å². The first kappa shape index (κ1) is 7.52. The van der Waals surface area contributed by atoms with E-state index in [1.165, 1.54) is 14.0 Å². The van der Waals surface area contributed by atoms with Crippen molar-refractivity contribution in [2.24, 2.45) is 0 Å². The Bertz CT molecular complexity index is 280. The van der Waals surface area contributed by atoms with Crippen LogP contribution in [0.3, 0.4) is 0 Å². The maximum atomic E-state index is 10.8. The SMILES string of the molecule is COC(=O)c1no[n+]([O-])c1C. The molecule has 0 aliphatic rings. The van der Waals surface area contributed by atoms with E-state index in [1.807, 2.05) is 0 Å². The van der Waals surface area contributed by atoms with Crippen LogP contribution in [0.4, 0.5) is 0 Å². The number of methoxy groups -OCH3 is 1. The van der Waals surface area contributed by atoms with Gasteiger partial charge < -0.3 is 9.94 Å². The van der Waals surface area contributed by atoms with Gasteiger partial charge in [-0.2, -0.15) is 0 Å². The Morgan fingerprint density at radius 1 is 1.82 bits per heavy atom. The number of ether oxygens (including phenoxy) is 1. The third-order valence-electron chi connectivity index (χ3n) is 1.20. The van der Waals surface area contributed by atoms with Crippen molar-refractivity contribution in [2.75, 3.05) is 7.11 Å². The summed E-state index contributed by atoms with van der Waals surface area (Å²) in [7, 11) is 1.20. The zero-order chi connectivity index (χ0) is 8.43. The van der Waals surface area contributed by atoms with Crippen molar-refractivity contribution in [3.63, 3.8) is 0 Å². The molecule has 1 heterocycles. The predicted molar refractivity (Wildman–Crippen MR) is 31.5 cm³/mol. The van der Waals surface area contributed by atoms with E-state index in [1.54, 1.807) is 0 Å². The molecule has 0 aromatic carbocycles. The highest BCUT2D eigenvalue weighted by molar-refractivity contribution is 5.87. The van der Waals surface area contributed by atoms with E-state index in [-0.39, 0.29) is 16.3 Å². The summed E-state index contributed by atoms with van der Waals surface area (Å²) in [5.74, 6) is -0.680. The number of hydrogen-bond acceptors (Lipinski definition) is 5. The number of rotatable bonds is 1. The number of carbonyl (C=O) groups is 1. The van der Waals surface area contributed by atoms with E-state index < -0.39 is 5.97 Å². The van der Waals surface area contributed by atoms with E-state index >= 15 is 0 Å². The van der Waals surface area contributed by atoms with Crippen molar-refractivity contribution in [1.82, 2.24) is 5.16 Å². The van der Waals surface area contributed by atoms with Gasteiger partial charge in [-0.05, 0) is 4.90 Å². The van der Waals surface area contributed by atoms with Gasteiger partial charge in [0.1, 0.15) is 0 Å². The second kappa shape index (κ2) is 2.57. The molecule has 0 amide bonds. The maximum Gasteiger partial charge on any atom is 0.389 e. The standard InChI is InChI=1S/C5H6N2O4/c1-3-4(5(8)10-2)6-11-7(3)9/h1-2H3. The molecule has 0 saturated heterocycles. The van der Waals surface area contributed by atoms with Gasteiger partial charge in [-0.1, -0.05) is 0 Å². The zero-order valence-electron chi connectivity index (χ0n) is 6.03. The molecule has 11 heavy (non-hydrogen) atoms. The lowest BCUT2D eigenvalue weighted by atomic mass is 10.3. The van der Waals surface area contributed by atoms with Crippen LogP contribution in [-0.2, 0) is 4.74 Å². The molecule has 6 nitrogen and oxygen atoms in total. The van der Waals surface area contributed by atoms with E-state index in [2.05, 4.69) is 14.5 Å². The molecule has 60 valence electrons. The average Bonchev–Trinajstić information content (AvgIpc) is 2.32. The normalized spacial score (nSPS) is 9.64. The number of hydrogen-bond donors (Lipinski definition) is 0. The molecule has 0 aliphatic carbocycles. The summed E-state index contributed by atoms with van der Waals surface area (Å²) < 4.78 is 8.45. The lowest BCUT2D eigenvalue weighted by Crippen LogP contribution is -2.26. The first-order valence-corrected chi connectivity index (χ1v) is 2.81. The molecule has 0 radical (unpaired) electrons. The molecule has 0 spiro atoms. The fraction of sp³-hybridized carbons (Fsp3) is 0.400. The van der Waals surface area contributed by atoms with Gasteiger partial charge in [-0.15, -0.1) is 0 Å². The molecular formula is C5H6N2O4. The van der Waals surface area contributed by atoms with E-state index in [0.717, 1.165) is 0 Å². The van der Waals surface area contributed by atoms with Crippen LogP contribution in [0, 0.1) is 12.1 Å². The molecule has 0 atom stereocenters. The van der Waals surface area contributed by atoms with Crippen LogP contribution >= 0.6 is 0 Å². The van der Waals surface area contributed by atoms with Gasteiger partial charge in [0.05, 0.1) is 12.3 Å². The Hall–Kier alpha value is -1.59. The fourth-order valence-electron chi connectivity index (χ4n) is 0.573. The average molecular weight is 158 g/mol. The highest BCUT2D eigenvalue weighted by Gasteiger charge is 2.22. The molecule has 0 saturated carbocycles. The van der Waals surface area contributed by atoms with Crippen molar-refractivity contribution in [2.45, 2.75) is 6.92 Å². The fourth-order valence-corrected chi connectivity index (χ4v) is 0.573. The molecule has 6 heteroatoms. The minimum atomic E-state index is -0.680. The minimum absolute atomic E-state index is 0.0943. The summed E-state index contributed by atoms with van der Waals surface area (Å²) in [6.07, 6.45) is 0. The molecule has 0 N–H and O–H groups in total. The summed E-state index contributed by atoms with van der Waals surface area (Å²) in [5.41, 5.74) is -0.000602. The van der Waals surface area contributed by atoms with Gasteiger partial charge in [0.2, 0.25) is 5.69 Å². The number of aromatic nitrogens is 2. The molecule has 1 aromatic rings. The topological polar surface area (TPSA) is 79.3 Å². The third-order valence-corrected chi connectivity index (χ3v) is 1.20. The van der Waals surface area contributed by atoms with Gasteiger partial charge in [0.15, 0.2) is 0 Å². The predicted octanol–water partition coefficient (Wildman–Crippen LogP) is -0.597. The first-order valence-electron chi connectivity index (χ1n) is 2.81. The second-order valence-electron chi connectivity index (χ2n) is 1.86. The van der Waals surface area contributed by atoms with Crippen LogP contribution in [0.5, 0.6) is 0 Å². The van der Waals surface area contributed by atoms with Crippen molar-refractivity contribution >= 4 is 5.97 Å². The summed E-state index contributed by atoms with van der Waals surface area (Å²) >= 11 is 0. The Morgan fingerprint density at radius 2 is 2.45 bits per heavy atom.